The average Bonchev–Trinajstić information content (AvgIpc) is 2.38. The third-order valence-electron chi connectivity index (χ3n) is 3.74. The van der Waals surface area contributed by atoms with Crippen LogP contribution in [0.5, 0.6) is 0 Å². The summed E-state index contributed by atoms with van der Waals surface area (Å²) in [6, 6.07) is 0. The van der Waals surface area contributed by atoms with Gasteiger partial charge in [0, 0.05) is 0 Å². The van der Waals surface area contributed by atoms with E-state index in [1.165, 1.54) is 0 Å². The molecule has 0 atom stereocenters. The summed E-state index contributed by atoms with van der Waals surface area (Å²) in [5, 5.41) is 29.5. The van der Waals surface area contributed by atoms with Gasteiger partial charge in [-0.25, -0.2) is 0 Å². The van der Waals surface area contributed by atoms with Gasteiger partial charge in [-0.05, 0) is 12.8 Å². The number of hydrogen-bond donors (Lipinski definition) is 8. The SMILES string of the molecule is N=C(N)C(CCCCCCCCC(C(=N)N)C(=N)N)C(=N)N. The highest BCUT2D eigenvalue weighted by Gasteiger charge is 2.15. The Labute approximate surface area is 132 Å². The van der Waals surface area contributed by atoms with E-state index in [-0.39, 0.29) is 23.3 Å². The van der Waals surface area contributed by atoms with E-state index >= 15 is 0 Å². The van der Waals surface area contributed by atoms with Gasteiger partial charge >= 0.3 is 0 Å². The van der Waals surface area contributed by atoms with Crippen LogP contribution in [0.4, 0.5) is 0 Å². The van der Waals surface area contributed by atoms with Crippen LogP contribution >= 0.6 is 0 Å². The molecule has 0 aromatic rings. The van der Waals surface area contributed by atoms with Gasteiger partial charge in [-0.2, -0.15) is 0 Å². The van der Waals surface area contributed by atoms with E-state index in [1.54, 1.807) is 0 Å². The first-order valence-electron chi connectivity index (χ1n) is 7.63. The van der Waals surface area contributed by atoms with Crippen molar-refractivity contribution in [1.29, 1.82) is 21.6 Å². The van der Waals surface area contributed by atoms with E-state index in [0.717, 1.165) is 38.5 Å². The normalized spacial score (nSPS) is 13.3. The van der Waals surface area contributed by atoms with Crippen molar-refractivity contribution < 1.29 is 0 Å². The van der Waals surface area contributed by atoms with Gasteiger partial charge in [0.05, 0.1) is 11.8 Å². The Hall–Kier alpha value is -2.12. The summed E-state index contributed by atoms with van der Waals surface area (Å²) in [7, 11) is 0. The van der Waals surface area contributed by atoms with Crippen molar-refractivity contribution in [3.05, 3.63) is 0 Å². The van der Waals surface area contributed by atoms with Crippen molar-refractivity contribution in [1.82, 2.24) is 0 Å². The Morgan fingerprint density at radius 2 is 0.727 bits per heavy atom. The van der Waals surface area contributed by atoms with Crippen molar-refractivity contribution in [2.45, 2.75) is 51.4 Å². The number of hydrogen-bond acceptors (Lipinski definition) is 4. The third kappa shape index (κ3) is 8.23. The largest absolute Gasteiger partial charge is 0.387 e. The second kappa shape index (κ2) is 10.6. The molecule has 126 valence electrons. The second-order valence-electron chi connectivity index (χ2n) is 5.63. The molecule has 8 heteroatoms. The van der Waals surface area contributed by atoms with Crippen molar-refractivity contribution in [2.75, 3.05) is 0 Å². The number of nitrogens with one attached hydrogen (secondary N) is 4. The van der Waals surface area contributed by atoms with Gasteiger partial charge in [-0.1, -0.05) is 38.5 Å². The Morgan fingerprint density at radius 1 is 0.500 bits per heavy atom. The van der Waals surface area contributed by atoms with Crippen LogP contribution in [-0.2, 0) is 0 Å². The zero-order valence-electron chi connectivity index (χ0n) is 13.1. The molecule has 0 amide bonds. The summed E-state index contributed by atoms with van der Waals surface area (Å²) in [4.78, 5) is 0. The Bertz CT molecular complexity index is 338. The van der Waals surface area contributed by atoms with Crippen molar-refractivity contribution in [3.8, 4) is 0 Å². The minimum Gasteiger partial charge on any atom is -0.387 e. The van der Waals surface area contributed by atoms with Crippen LogP contribution in [0.2, 0.25) is 0 Å². The van der Waals surface area contributed by atoms with Gasteiger partial charge in [0.1, 0.15) is 23.3 Å². The maximum Gasteiger partial charge on any atom is 0.101 e. The van der Waals surface area contributed by atoms with Crippen LogP contribution in [0.25, 0.3) is 0 Å². The number of unbranched alkanes of at least 4 members (excludes halogenated alkanes) is 5. The lowest BCUT2D eigenvalue weighted by Gasteiger charge is -2.14. The van der Waals surface area contributed by atoms with Crippen molar-refractivity contribution in [2.24, 2.45) is 34.8 Å². The Morgan fingerprint density at radius 3 is 0.955 bits per heavy atom. The molecular weight excluding hydrogens is 280 g/mol. The lowest BCUT2D eigenvalue weighted by atomic mass is 9.96. The molecule has 22 heavy (non-hydrogen) atoms. The molecule has 0 aliphatic carbocycles. The molecule has 0 saturated carbocycles. The minimum absolute atomic E-state index is 0.0352. The van der Waals surface area contributed by atoms with E-state index in [1.807, 2.05) is 0 Å². The van der Waals surface area contributed by atoms with Gasteiger partial charge in [0.2, 0.25) is 0 Å². The van der Waals surface area contributed by atoms with Gasteiger partial charge in [0.15, 0.2) is 0 Å². The Balaban J connectivity index is 3.70. The maximum atomic E-state index is 7.36. The predicted octanol–water partition coefficient (Wildman–Crippen LogP) is 1.08. The molecule has 0 aliphatic heterocycles. The molecule has 0 aromatic carbocycles. The molecule has 0 heterocycles. The minimum atomic E-state index is -0.424. The monoisotopic (exact) mass is 310 g/mol. The summed E-state index contributed by atoms with van der Waals surface area (Å²) in [6.07, 6.45) is 7.25. The Kier molecular flexibility index (Phi) is 9.56. The molecular formula is C14H30N8. The highest BCUT2D eigenvalue weighted by Crippen LogP contribution is 2.15. The molecule has 0 rings (SSSR count). The summed E-state index contributed by atoms with van der Waals surface area (Å²) in [5.74, 6) is -0.989. The fourth-order valence-electron chi connectivity index (χ4n) is 2.36. The first-order valence-corrected chi connectivity index (χ1v) is 7.63. The molecule has 0 radical (unpaired) electrons. The average molecular weight is 310 g/mol. The lowest BCUT2D eigenvalue weighted by molar-refractivity contribution is 0.552. The van der Waals surface area contributed by atoms with E-state index in [9.17, 15) is 0 Å². The lowest BCUT2D eigenvalue weighted by Crippen LogP contribution is -2.34. The molecule has 0 spiro atoms. The smallest absolute Gasteiger partial charge is 0.101 e. The summed E-state index contributed by atoms with van der Waals surface area (Å²) >= 11 is 0. The molecule has 12 N–H and O–H groups in total. The maximum absolute atomic E-state index is 7.36. The molecule has 0 aromatic heterocycles. The van der Waals surface area contributed by atoms with Crippen LogP contribution in [-0.4, -0.2) is 23.3 Å². The standard InChI is InChI=1S/C14H30N8/c15-11(16)9(12(17)18)7-5-3-1-2-4-6-8-10(13(19)20)14(21)22/h9-10H,1-8H2,(H3,15,16)(H3,17,18)(H3,19,20)(H3,21,22). The highest BCUT2D eigenvalue weighted by atomic mass is 14.8. The number of nitrogens with two attached hydrogens (primary N) is 4. The van der Waals surface area contributed by atoms with Gasteiger partial charge in [-0.3, -0.25) is 21.6 Å². The van der Waals surface area contributed by atoms with E-state index in [2.05, 4.69) is 0 Å². The van der Waals surface area contributed by atoms with Crippen molar-refractivity contribution >= 4 is 23.3 Å². The molecule has 0 saturated heterocycles. The van der Waals surface area contributed by atoms with Crippen LogP contribution in [0.1, 0.15) is 51.4 Å². The van der Waals surface area contributed by atoms with Crippen LogP contribution in [0.15, 0.2) is 0 Å². The predicted molar refractivity (Wildman–Crippen MR) is 91.6 cm³/mol. The van der Waals surface area contributed by atoms with Crippen LogP contribution < -0.4 is 22.9 Å². The quantitative estimate of drug-likeness (QED) is 0.143. The van der Waals surface area contributed by atoms with Crippen LogP contribution in [0, 0.1) is 33.5 Å². The first-order chi connectivity index (χ1) is 10.3. The van der Waals surface area contributed by atoms with E-state index in [4.69, 9.17) is 44.6 Å². The third-order valence-corrected chi connectivity index (χ3v) is 3.74. The fourth-order valence-corrected chi connectivity index (χ4v) is 2.36. The number of amidine groups is 4. The molecule has 0 bridgehead atoms. The highest BCUT2D eigenvalue weighted by molar-refractivity contribution is 6.01. The van der Waals surface area contributed by atoms with Gasteiger partial charge in [-0.15, -0.1) is 0 Å². The topological polar surface area (TPSA) is 199 Å². The second-order valence-corrected chi connectivity index (χ2v) is 5.63. The van der Waals surface area contributed by atoms with Crippen molar-refractivity contribution in [3.63, 3.8) is 0 Å². The summed E-state index contributed by atoms with van der Waals surface area (Å²) < 4.78 is 0. The molecule has 0 unspecified atom stereocenters. The van der Waals surface area contributed by atoms with E-state index < -0.39 is 11.8 Å². The molecule has 0 fully saturated rings. The van der Waals surface area contributed by atoms with Gasteiger partial charge in [0.25, 0.3) is 0 Å². The first kappa shape index (κ1) is 19.9. The summed E-state index contributed by atoms with van der Waals surface area (Å²) in [5.41, 5.74) is 21.6. The van der Waals surface area contributed by atoms with E-state index in [0.29, 0.717) is 12.8 Å². The van der Waals surface area contributed by atoms with Crippen LogP contribution in [0.3, 0.4) is 0 Å². The fraction of sp³-hybridized carbons (Fsp3) is 0.714. The summed E-state index contributed by atoms with van der Waals surface area (Å²) in [6.45, 7) is 0. The zero-order valence-corrected chi connectivity index (χ0v) is 13.1. The molecule has 8 nitrogen and oxygen atoms in total. The zero-order chi connectivity index (χ0) is 17.1. The molecule has 0 aliphatic rings. The van der Waals surface area contributed by atoms with Gasteiger partial charge < -0.3 is 22.9 Å². The number of rotatable bonds is 13.